The third-order valence-corrected chi connectivity index (χ3v) is 5.24. The van der Waals surface area contributed by atoms with Crippen molar-refractivity contribution in [1.29, 1.82) is 0 Å². The smallest absolute Gasteiger partial charge is 0.191 e. The van der Waals surface area contributed by atoms with Crippen molar-refractivity contribution in [1.82, 2.24) is 10.6 Å². The Morgan fingerprint density at radius 2 is 1.78 bits per heavy atom. The molecule has 0 aromatic heterocycles. The zero-order chi connectivity index (χ0) is 19.3. The first-order valence-corrected chi connectivity index (χ1v) is 9.33. The number of rotatable bonds is 7. The third kappa shape index (κ3) is 4.35. The first kappa shape index (κ1) is 19.1. The largest absolute Gasteiger partial charge is 0.496 e. The minimum atomic E-state index is 0.131. The van der Waals surface area contributed by atoms with Gasteiger partial charge in [-0.1, -0.05) is 30.3 Å². The molecule has 0 unspecified atom stereocenters. The van der Waals surface area contributed by atoms with Crippen LogP contribution in [0.15, 0.2) is 47.5 Å². The van der Waals surface area contributed by atoms with Gasteiger partial charge in [-0.25, -0.2) is 0 Å². The number of nitrogens with one attached hydrogen (secondary N) is 2. The Bertz CT molecular complexity index is 813. The topological polar surface area (TPSA) is 54.9 Å². The summed E-state index contributed by atoms with van der Waals surface area (Å²) in [5.74, 6) is 2.65. The first-order chi connectivity index (χ1) is 13.1. The van der Waals surface area contributed by atoms with Crippen molar-refractivity contribution in [2.75, 3.05) is 27.8 Å². The fourth-order valence-corrected chi connectivity index (χ4v) is 3.43. The minimum absolute atomic E-state index is 0.131. The number of benzene rings is 2. The molecule has 1 aliphatic carbocycles. The number of methoxy groups -OCH3 is 2. The normalized spacial score (nSPS) is 15.2. The zero-order valence-corrected chi connectivity index (χ0v) is 16.6. The van der Waals surface area contributed by atoms with Crippen LogP contribution in [0.2, 0.25) is 0 Å². The molecule has 1 aliphatic rings. The third-order valence-electron chi connectivity index (χ3n) is 5.24. The van der Waals surface area contributed by atoms with E-state index in [0.717, 1.165) is 42.4 Å². The van der Waals surface area contributed by atoms with Crippen molar-refractivity contribution in [2.24, 2.45) is 4.99 Å². The zero-order valence-electron chi connectivity index (χ0n) is 16.6. The maximum atomic E-state index is 5.56. The summed E-state index contributed by atoms with van der Waals surface area (Å²) in [6.45, 7) is 3.55. The van der Waals surface area contributed by atoms with E-state index in [1.165, 1.54) is 11.1 Å². The lowest BCUT2D eigenvalue weighted by Gasteiger charge is -2.21. The Labute approximate surface area is 161 Å². The Morgan fingerprint density at radius 1 is 1.04 bits per heavy atom. The highest BCUT2D eigenvalue weighted by atomic mass is 16.5. The van der Waals surface area contributed by atoms with Gasteiger partial charge in [0.2, 0.25) is 0 Å². The highest BCUT2D eigenvalue weighted by Gasteiger charge is 2.46. The van der Waals surface area contributed by atoms with Gasteiger partial charge in [0.05, 0.1) is 14.2 Å². The van der Waals surface area contributed by atoms with Crippen molar-refractivity contribution >= 4 is 5.96 Å². The second-order valence-electron chi connectivity index (χ2n) is 7.08. The number of ether oxygens (including phenoxy) is 2. The molecule has 1 fully saturated rings. The Balaban J connectivity index is 1.62. The second kappa shape index (κ2) is 8.33. The Hall–Kier alpha value is -2.69. The summed E-state index contributed by atoms with van der Waals surface area (Å²) in [6, 6.07) is 14.5. The number of aryl methyl sites for hydroxylation is 1. The monoisotopic (exact) mass is 367 g/mol. The maximum Gasteiger partial charge on any atom is 0.191 e. The van der Waals surface area contributed by atoms with Gasteiger partial charge in [0.15, 0.2) is 5.96 Å². The van der Waals surface area contributed by atoms with Crippen LogP contribution in [-0.4, -0.2) is 33.8 Å². The lowest BCUT2D eigenvalue weighted by Crippen LogP contribution is -2.41. The van der Waals surface area contributed by atoms with Crippen LogP contribution < -0.4 is 20.1 Å². The quantitative estimate of drug-likeness (QED) is 0.582. The van der Waals surface area contributed by atoms with Crippen molar-refractivity contribution in [3.8, 4) is 11.5 Å². The van der Waals surface area contributed by atoms with Crippen LogP contribution in [0, 0.1) is 6.92 Å². The predicted molar refractivity (Wildman–Crippen MR) is 110 cm³/mol. The summed E-state index contributed by atoms with van der Waals surface area (Å²) in [4.78, 5) is 4.37. The molecule has 27 heavy (non-hydrogen) atoms. The molecule has 0 saturated heterocycles. The summed E-state index contributed by atoms with van der Waals surface area (Å²) in [6.07, 6.45) is 2.31. The van der Waals surface area contributed by atoms with Crippen LogP contribution in [0.1, 0.15) is 29.5 Å². The molecule has 144 valence electrons. The summed E-state index contributed by atoms with van der Waals surface area (Å²) in [7, 11) is 5.23. The summed E-state index contributed by atoms with van der Waals surface area (Å²) < 4.78 is 11.0. The van der Waals surface area contributed by atoms with Gasteiger partial charge in [-0.2, -0.15) is 0 Å². The SMILES string of the molecule is CN=C(NCc1ccc(C)cc1OC)NCC1(c2ccccc2OC)CC1. The van der Waals surface area contributed by atoms with Gasteiger partial charge in [0.25, 0.3) is 0 Å². The highest BCUT2D eigenvalue weighted by molar-refractivity contribution is 5.80. The fraction of sp³-hybridized carbons (Fsp3) is 0.409. The van der Waals surface area contributed by atoms with Gasteiger partial charge in [-0.05, 0) is 37.5 Å². The van der Waals surface area contributed by atoms with E-state index in [2.05, 4.69) is 46.8 Å². The van der Waals surface area contributed by atoms with E-state index in [1.54, 1.807) is 21.3 Å². The van der Waals surface area contributed by atoms with E-state index >= 15 is 0 Å². The van der Waals surface area contributed by atoms with Crippen LogP contribution in [-0.2, 0) is 12.0 Å². The van der Waals surface area contributed by atoms with Crippen molar-refractivity contribution in [3.05, 3.63) is 59.2 Å². The second-order valence-corrected chi connectivity index (χ2v) is 7.08. The lowest BCUT2D eigenvalue weighted by molar-refractivity contribution is 0.403. The molecule has 0 amide bonds. The van der Waals surface area contributed by atoms with E-state index in [9.17, 15) is 0 Å². The van der Waals surface area contributed by atoms with Gasteiger partial charge in [0.1, 0.15) is 11.5 Å². The van der Waals surface area contributed by atoms with Gasteiger partial charge in [-0.3, -0.25) is 4.99 Å². The van der Waals surface area contributed by atoms with Crippen LogP contribution in [0.3, 0.4) is 0 Å². The molecule has 2 aromatic carbocycles. The molecule has 0 bridgehead atoms. The molecule has 5 nitrogen and oxygen atoms in total. The first-order valence-electron chi connectivity index (χ1n) is 9.33. The maximum absolute atomic E-state index is 5.56. The summed E-state index contributed by atoms with van der Waals surface area (Å²) >= 11 is 0. The molecule has 0 heterocycles. The van der Waals surface area contributed by atoms with Gasteiger partial charge in [0, 0.05) is 36.7 Å². The van der Waals surface area contributed by atoms with Crippen LogP contribution in [0.25, 0.3) is 0 Å². The molecular formula is C22H29N3O2. The lowest BCUT2D eigenvalue weighted by atomic mass is 9.95. The molecule has 2 N–H and O–H groups in total. The van der Waals surface area contributed by atoms with Gasteiger partial charge < -0.3 is 20.1 Å². The van der Waals surface area contributed by atoms with E-state index in [4.69, 9.17) is 9.47 Å². The molecule has 0 radical (unpaired) electrons. The van der Waals surface area contributed by atoms with E-state index in [-0.39, 0.29) is 5.41 Å². The molecule has 5 heteroatoms. The van der Waals surface area contributed by atoms with Crippen molar-refractivity contribution < 1.29 is 9.47 Å². The predicted octanol–water partition coefficient (Wildman–Crippen LogP) is 3.41. The molecular weight excluding hydrogens is 338 g/mol. The number of guanidine groups is 1. The Kier molecular flexibility index (Phi) is 5.89. The molecule has 0 spiro atoms. The van der Waals surface area contributed by atoms with Crippen LogP contribution in [0.5, 0.6) is 11.5 Å². The van der Waals surface area contributed by atoms with E-state index in [0.29, 0.717) is 6.54 Å². The number of hydrogen-bond donors (Lipinski definition) is 2. The van der Waals surface area contributed by atoms with Gasteiger partial charge >= 0.3 is 0 Å². The van der Waals surface area contributed by atoms with Gasteiger partial charge in [-0.15, -0.1) is 0 Å². The molecule has 0 aliphatic heterocycles. The highest BCUT2D eigenvalue weighted by Crippen LogP contribution is 2.50. The average molecular weight is 367 g/mol. The van der Waals surface area contributed by atoms with Crippen LogP contribution >= 0.6 is 0 Å². The Morgan fingerprint density at radius 3 is 2.44 bits per heavy atom. The number of nitrogens with zero attached hydrogens (tertiary/aromatic N) is 1. The fourth-order valence-electron chi connectivity index (χ4n) is 3.43. The minimum Gasteiger partial charge on any atom is -0.496 e. The molecule has 2 aromatic rings. The van der Waals surface area contributed by atoms with Crippen LogP contribution in [0.4, 0.5) is 0 Å². The number of aliphatic imine (C=N–C) groups is 1. The summed E-state index contributed by atoms with van der Waals surface area (Å²) in [5.41, 5.74) is 3.70. The average Bonchev–Trinajstić information content (AvgIpc) is 3.49. The van der Waals surface area contributed by atoms with Crippen molar-refractivity contribution in [3.63, 3.8) is 0 Å². The molecule has 1 saturated carbocycles. The van der Waals surface area contributed by atoms with E-state index < -0.39 is 0 Å². The van der Waals surface area contributed by atoms with Crippen molar-refractivity contribution in [2.45, 2.75) is 31.7 Å². The number of hydrogen-bond acceptors (Lipinski definition) is 3. The summed E-state index contributed by atoms with van der Waals surface area (Å²) in [5, 5.41) is 6.87. The van der Waals surface area contributed by atoms with E-state index in [1.807, 2.05) is 18.2 Å². The molecule has 0 atom stereocenters. The molecule has 3 rings (SSSR count). The number of para-hydroxylation sites is 1. The standard InChI is InChI=1S/C22H29N3O2/c1-16-9-10-17(20(13-16)27-4)14-24-21(23-2)25-15-22(11-12-22)18-7-5-6-8-19(18)26-3/h5-10,13H,11-12,14-15H2,1-4H3,(H2,23,24,25).